The summed E-state index contributed by atoms with van der Waals surface area (Å²) >= 11 is 12.9. The molecule has 4 aromatic rings. The Morgan fingerprint density at radius 3 is 2.25 bits per heavy atom. The van der Waals surface area contributed by atoms with E-state index in [1.807, 2.05) is 0 Å². The summed E-state index contributed by atoms with van der Waals surface area (Å²) in [5.74, 6) is 0.623. The summed E-state index contributed by atoms with van der Waals surface area (Å²) in [7, 11) is 3.04. The van der Waals surface area contributed by atoms with Gasteiger partial charge in [-0.25, -0.2) is 23.4 Å². The molecule has 4 heterocycles. The molecule has 3 aliphatic rings. The molecule has 268 valence electrons. The minimum absolute atomic E-state index is 0.0260. The van der Waals surface area contributed by atoms with Crippen LogP contribution in [-0.2, 0) is 22.4 Å². The fraction of sp³-hybridized carbons (Fsp3) is 0.342. The topological polar surface area (TPSA) is 91.7 Å². The van der Waals surface area contributed by atoms with Gasteiger partial charge >= 0.3 is 12.1 Å². The number of hydrogen-bond acceptors (Lipinski definition) is 7. The number of H-pyrrole nitrogens is 1. The lowest BCUT2D eigenvalue weighted by Gasteiger charge is -2.44. The predicted molar refractivity (Wildman–Crippen MR) is 188 cm³/mol. The van der Waals surface area contributed by atoms with Gasteiger partial charge in [0.1, 0.15) is 22.3 Å². The molecule has 0 spiro atoms. The Bertz CT molecular complexity index is 1840. The van der Waals surface area contributed by atoms with Crippen LogP contribution in [0.2, 0.25) is 10.0 Å². The number of piperidine rings is 3. The number of aromatic nitrogens is 1. The van der Waals surface area contributed by atoms with Crippen LogP contribution in [0, 0.1) is 5.92 Å². The number of alkyl halides is 2. The molecular formula is C38H38Cl2F2N3O6+. The number of nitrogens with one attached hydrogen (secondary N) is 1. The lowest BCUT2D eigenvalue weighted by Crippen LogP contribution is -2.53. The molecule has 3 fully saturated rings. The Morgan fingerprint density at radius 1 is 0.922 bits per heavy atom. The van der Waals surface area contributed by atoms with Crippen molar-refractivity contribution in [2.45, 2.75) is 44.4 Å². The predicted octanol–water partition coefficient (Wildman–Crippen LogP) is 8.14. The molecule has 13 heteroatoms. The first kappa shape index (κ1) is 36.3. The second kappa shape index (κ2) is 16.3. The minimum Gasteiger partial charge on any atom is -0.493 e. The summed E-state index contributed by atoms with van der Waals surface area (Å²) in [6.45, 7) is 2.64. The van der Waals surface area contributed by atoms with E-state index in [1.54, 1.807) is 60.9 Å². The molecule has 2 atom stereocenters. The van der Waals surface area contributed by atoms with Crippen molar-refractivity contribution < 1.29 is 42.3 Å². The summed E-state index contributed by atoms with van der Waals surface area (Å²) < 4.78 is 50.2. The van der Waals surface area contributed by atoms with E-state index < -0.39 is 24.6 Å². The normalized spacial score (nSPS) is 18.6. The van der Waals surface area contributed by atoms with Crippen molar-refractivity contribution in [3.05, 3.63) is 117 Å². The Balaban J connectivity index is 1.22. The van der Waals surface area contributed by atoms with Crippen molar-refractivity contribution in [2.75, 3.05) is 38.8 Å². The third-order valence-corrected chi connectivity index (χ3v) is 10.1. The highest BCUT2D eigenvalue weighted by atomic mass is 35.5. The summed E-state index contributed by atoms with van der Waals surface area (Å²) in [5.41, 5.74) is 2.20. The quantitative estimate of drug-likeness (QED) is 0.136. The molecule has 3 saturated heterocycles. The van der Waals surface area contributed by atoms with Gasteiger partial charge in [-0.15, -0.1) is 0 Å². The fourth-order valence-electron chi connectivity index (χ4n) is 6.59. The van der Waals surface area contributed by atoms with Crippen LogP contribution in [0.3, 0.4) is 0 Å². The van der Waals surface area contributed by atoms with Crippen LogP contribution in [-0.4, -0.2) is 56.9 Å². The van der Waals surface area contributed by atoms with Crippen LogP contribution < -0.4 is 19.4 Å². The number of halogens is 4. The molecule has 1 amide bonds. The number of esters is 1. The second-order valence-corrected chi connectivity index (χ2v) is 13.4. The van der Waals surface area contributed by atoms with Gasteiger partial charge in [-0.05, 0) is 79.4 Å². The smallest absolute Gasteiger partial charge is 0.414 e. The average Bonchev–Trinajstić information content (AvgIpc) is 3.15. The molecule has 0 saturated carbocycles. The lowest BCUT2D eigenvalue weighted by molar-refractivity contribution is -0.377. The van der Waals surface area contributed by atoms with Crippen molar-refractivity contribution in [3.63, 3.8) is 0 Å². The van der Waals surface area contributed by atoms with Crippen LogP contribution in [0.25, 0.3) is 0 Å². The number of fused-ring (bicyclic) bond motifs is 3. The standard InChI is InChI=1S/C38H37Cl2F2N3O6/c1-48-32-11-10-26(17-34(32)49-2)33(18-29-30(39)19-43-20-31(29)40)50-37(46)25-8-6-23(7-9-25)21-45(28-5-3-4-27(16-28)36(41)42)38(47)51-35-22-44-14-12-24(35)13-15-44/h3-11,16-17,19-20,24,33,35-36H,12-15,18,21-22H2,1-2H3/p+1/t33-,35-/m0/s1. The Kier molecular flexibility index (Phi) is 11.6. The zero-order valence-corrected chi connectivity index (χ0v) is 29.6. The van der Waals surface area contributed by atoms with Gasteiger partial charge in [0.2, 0.25) is 0 Å². The summed E-state index contributed by atoms with van der Waals surface area (Å²) in [4.78, 5) is 33.8. The molecule has 3 aliphatic heterocycles. The molecule has 0 radical (unpaired) electrons. The number of methoxy groups -OCH3 is 2. The summed E-state index contributed by atoms with van der Waals surface area (Å²) in [6, 6.07) is 17.5. The van der Waals surface area contributed by atoms with Crippen molar-refractivity contribution in [1.82, 2.24) is 4.90 Å². The molecule has 7 rings (SSSR count). The van der Waals surface area contributed by atoms with Gasteiger partial charge in [-0.1, -0.05) is 53.5 Å². The molecule has 51 heavy (non-hydrogen) atoms. The van der Waals surface area contributed by atoms with E-state index >= 15 is 0 Å². The van der Waals surface area contributed by atoms with Gasteiger partial charge in [0.05, 0.1) is 26.3 Å². The SMILES string of the molecule is COc1ccc([C@H](Cc2c(Cl)c[nH+]cc2Cl)OC(=O)c2ccc(CN(C(=O)O[C@H]3CN4CCC3CC4)c3cccc(C(F)F)c3)cc2)cc1OC. The van der Waals surface area contributed by atoms with Crippen LogP contribution in [0.5, 0.6) is 11.5 Å². The zero-order valence-electron chi connectivity index (χ0n) is 28.1. The first-order chi connectivity index (χ1) is 24.6. The number of benzene rings is 3. The maximum absolute atomic E-state index is 13.7. The first-order valence-electron chi connectivity index (χ1n) is 16.6. The molecule has 0 unspecified atom stereocenters. The van der Waals surface area contributed by atoms with Crippen LogP contribution in [0.4, 0.5) is 19.3 Å². The third kappa shape index (κ3) is 8.54. The highest BCUT2D eigenvalue weighted by Crippen LogP contribution is 2.36. The number of amides is 1. The van der Waals surface area contributed by atoms with E-state index in [0.29, 0.717) is 44.8 Å². The zero-order chi connectivity index (χ0) is 36.1. The molecule has 0 aliphatic carbocycles. The molecule has 1 aromatic heterocycles. The van der Waals surface area contributed by atoms with Gasteiger partial charge in [-0.3, -0.25) is 9.80 Å². The maximum Gasteiger partial charge on any atom is 0.414 e. The maximum atomic E-state index is 13.7. The van der Waals surface area contributed by atoms with Gasteiger partial charge in [0.15, 0.2) is 23.9 Å². The first-order valence-corrected chi connectivity index (χ1v) is 17.3. The molecular weight excluding hydrogens is 703 g/mol. The van der Waals surface area contributed by atoms with E-state index in [4.69, 9.17) is 42.1 Å². The average molecular weight is 742 g/mol. The fourth-order valence-corrected chi connectivity index (χ4v) is 7.12. The number of nitrogens with zero attached hydrogens (tertiary/aromatic N) is 2. The van der Waals surface area contributed by atoms with Crippen molar-refractivity contribution >= 4 is 41.0 Å². The molecule has 9 nitrogen and oxygen atoms in total. The largest absolute Gasteiger partial charge is 0.493 e. The van der Waals surface area contributed by atoms with Crippen LogP contribution in [0.1, 0.15) is 58.0 Å². The number of carbonyl (C=O) groups is 2. The Morgan fingerprint density at radius 2 is 1.63 bits per heavy atom. The van der Waals surface area contributed by atoms with Gasteiger partial charge < -0.3 is 18.9 Å². The van der Waals surface area contributed by atoms with E-state index in [9.17, 15) is 18.4 Å². The number of aromatic amines is 1. The number of ether oxygens (including phenoxy) is 4. The highest BCUT2D eigenvalue weighted by molar-refractivity contribution is 6.35. The Hall–Kier alpha value is -4.45. The van der Waals surface area contributed by atoms with Gasteiger partial charge in [0.25, 0.3) is 6.43 Å². The number of carbonyl (C=O) groups excluding carboxylic acids is 2. The van der Waals surface area contributed by atoms with Crippen molar-refractivity contribution in [3.8, 4) is 11.5 Å². The summed E-state index contributed by atoms with van der Waals surface area (Å²) in [5, 5.41) is 0.757. The minimum atomic E-state index is -2.70. The van der Waals surface area contributed by atoms with E-state index in [2.05, 4.69) is 9.88 Å². The Labute approximate surface area is 305 Å². The van der Waals surface area contributed by atoms with Gasteiger partial charge in [-0.2, -0.15) is 0 Å². The van der Waals surface area contributed by atoms with Crippen molar-refractivity contribution in [1.29, 1.82) is 0 Å². The summed E-state index contributed by atoms with van der Waals surface area (Å²) in [6.07, 6.45) is 0.857. The number of hydrogen-bond donors (Lipinski definition) is 0. The van der Waals surface area contributed by atoms with Crippen LogP contribution >= 0.6 is 23.2 Å². The number of pyridine rings is 1. The molecule has 3 aromatic carbocycles. The second-order valence-electron chi connectivity index (χ2n) is 12.6. The highest BCUT2D eigenvalue weighted by Gasteiger charge is 2.37. The van der Waals surface area contributed by atoms with E-state index in [0.717, 1.165) is 25.9 Å². The number of rotatable bonds is 12. The molecule has 1 N–H and O–H groups in total. The number of anilines is 1. The van der Waals surface area contributed by atoms with Crippen LogP contribution in [0.15, 0.2) is 79.1 Å². The van der Waals surface area contributed by atoms with E-state index in [-0.39, 0.29) is 41.8 Å². The lowest BCUT2D eigenvalue weighted by atomic mass is 9.86. The monoisotopic (exact) mass is 740 g/mol. The van der Waals surface area contributed by atoms with Gasteiger partial charge in [0, 0.05) is 29.8 Å². The molecule has 2 bridgehead atoms. The van der Waals surface area contributed by atoms with Crippen molar-refractivity contribution in [2.24, 2.45) is 5.92 Å². The third-order valence-electron chi connectivity index (χ3n) is 9.45. The van der Waals surface area contributed by atoms with E-state index in [1.165, 1.54) is 37.3 Å².